The van der Waals surface area contributed by atoms with E-state index in [-0.39, 0.29) is 0 Å². The summed E-state index contributed by atoms with van der Waals surface area (Å²) in [7, 11) is 0. The maximum Gasteiger partial charge on any atom is 0.0409 e. The summed E-state index contributed by atoms with van der Waals surface area (Å²) in [6.45, 7) is 0. The molecule has 0 unspecified atom stereocenters. The third-order valence-electron chi connectivity index (χ3n) is 1.26. The fourth-order valence-electron chi connectivity index (χ4n) is 0.669. The molecule has 0 heterocycles. The summed E-state index contributed by atoms with van der Waals surface area (Å²) >= 11 is 11.6. The highest BCUT2D eigenvalue weighted by atomic mass is 127. The van der Waals surface area contributed by atoms with Gasteiger partial charge in [0.25, 0.3) is 0 Å². The summed E-state index contributed by atoms with van der Waals surface area (Å²) in [6.07, 6.45) is 0. The van der Waals surface area contributed by atoms with Crippen molar-refractivity contribution < 1.29 is 0 Å². The second kappa shape index (κ2) is 4.76. The Morgan fingerprint density at radius 2 is 1.82 bits per heavy atom. The predicted molar refractivity (Wildman–Crippen MR) is 72.2 cm³/mol. The van der Waals surface area contributed by atoms with E-state index in [0.717, 1.165) is 5.33 Å². The number of halogens is 4. The van der Waals surface area contributed by atoms with Gasteiger partial charge in [-0.15, -0.1) is 0 Å². The molecule has 0 atom stereocenters. The molecule has 11 heavy (non-hydrogen) atoms. The lowest BCUT2D eigenvalue weighted by molar-refractivity contribution is 1.36. The lowest BCUT2D eigenvalue weighted by Crippen LogP contribution is -1.88. The van der Waals surface area contributed by atoms with Gasteiger partial charge in [0.15, 0.2) is 0 Å². The average Bonchev–Trinajstić information content (AvgIpc) is 2.01. The fourth-order valence-corrected chi connectivity index (χ4v) is 3.55. The van der Waals surface area contributed by atoms with E-state index in [0.29, 0.717) is 0 Å². The summed E-state index contributed by atoms with van der Waals surface area (Å²) in [4.78, 5) is 0. The molecule has 0 aliphatic rings. The number of rotatable bonds is 1. The molecule has 4 heteroatoms. The third kappa shape index (κ3) is 2.54. The van der Waals surface area contributed by atoms with Crippen molar-refractivity contribution in [3.8, 4) is 0 Å². The quantitative estimate of drug-likeness (QED) is 0.301. The van der Waals surface area contributed by atoms with Crippen molar-refractivity contribution >= 4 is 77.0 Å². The summed E-state index contributed by atoms with van der Waals surface area (Å²) < 4.78 is 3.79. The first-order chi connectivity index (χ1) is 5.16. The molecule has 60 valence electrons. The van der Waals surface area contributed by atoms with Gasteiger partial charge in [-0.25, -0.2) is 0 Å². The molecule has 0 N–H and O–H groups in total. The van der Waals surface area contributed by atoms with E-state index < -0.39 is 0 Å². The van der Waals surface area contributed by atoms with Crippen molar-refractivity contribution in [2.45, 2.75) is 5.33 Å². The minimum atomic E-state index is 0.925. The van der Waals surface area contributed by atoms with E-state index in [4.69, 9.17) is 0 Å². The van der Waals surface area contributed by atoms with E-state index in [2.05, 4.69) is 89.2 Å². The van der Waals surface area contributed by atoms with Crippen molar-refractivity contribution in [1.29, 1.82) is 0 Å². The topological polar surface area (TPSA) is 0 Å². The van der Waals surface area contributed by atoms with E-state index in [1.165, 1.54) is 17.2 Å². The van der Waals surface area contributed by atoms with Crippen molar-refractivity contribution in [3.05, 3.63) is 29.3 Å². The minimum Gasteiger partial charge on any atom is -0.0876 e. The van der Waals surface area contributed by atoms with Crippen LogP contribution in [0.1, 0.15) is 5.56 Å². The Morgan fingerprint density at radius 3 is 2.36 bits per heavy atom. The minimum absolute atomic E-state index is 0.925. The zero-order valence-electron chi connectivity index (χ0n) is 5.37. The van der Waals surface area contributed by atoms with Gasteiger partial charge in [0, 0.05) is 16.9 Å². The van der Waals surface area contributed by atoms with Crippen LogP contribution in [0.25, 0.3) is 0 Å². The molecule has 0 saturated carbocycles. The maximum atomic E-state index is 3.48. The van der Waals surface area contributed by atoms with Crippen LogP contribution < -0.4 is 0 Å². The number of hydrogen-bond donors (Lipinski definition) is 0. The number of alkyl halides is 1. The van der Waals surface area contributed by atoms with E-state index in [9.17, 15) is 0 Å². The maximum absolute atomic E-state index is 3.48. The van der Waals surface area contributed by atoms with Crippen LogP contribution in [-0.4, -0.2) is 0 Å². The third-order valence-corrected chi connectivity index (χ3v) is 6.65. The second-order valence-corrected chi connectivity index (χ2v) is 5.54. The van der Waals surface area contributed by atoms with Gasteiger partial charge >= 0.3 is 0 Å². The lowest BCUT2D eigenvalue weighted by atomic mass is 10.2. The Labute approximate surface area is 110 Å². The molecule has 0 fully saturated rings. The molecule has 0 bridgehead atoms. The summed E-state index contributed by atoms with van der Waals surface area (Å²) in [5, 5.41) is 0.925. The average molecular weight is 502 g/mol. The first-order valence-corrected chi connectivity index (χ1v) is 6.92. The monoisotopic (exact) mass is 500 g/mol. The predicted octanol–water partition coefficient (Wildman–Crippen LogP) is 4.55. The summed E-state index contributed by atoms with van der Waals surface area (Å²) in [5.41, 5.74) is 1.35. The van der Waals surface area contributed by atoms with Gasteiger partial charge in [0.05, 0.1) is 0 Å². The van der Waals surface area contributed by atoms with Crippen LogP contribution in [0.4, 0.5) is 0 Å². The summed E-state index contributed by atoms with van der Waals surface area (Å²) in [5.74, 6) is 0. The molecule has 0 radical (unpaired) electrons. The van der Waals surface area contributed by atoms with Crippen LogP contribution in [0.3, 0.4) is 0 Å². The Bertz CT molecular complexity index is 273. The molecule has 1 rings (SSSR count). The molecule has 0 spiro atoms. The van der Waals surface area contributed by atoms with Crippen LogP contribution in [0, 0.1) is 7.14 Å². The molecule has 0 aliphatic carbocycles. The molecule has 0 nitrogen and oxygen atoms in total. The zero-order chi connectivity index (χ0) is 8.43. The smallest absolute Gasteiger partial charge is 0.0409 e. The van der Waals surface area contributed by atoms with E-state index in [1.54, 1.807) is 0 Å². The molecule has 0 aliphatic heterocycles. The van der Waals surface area contributed by atoms with E-state index in [1.807, 2.05) is 0 Å². The van der Waals surface area contributed by atoms with Crippen LogP contribution in [0.15, 0.2) is 16.6 Å². The Balaban J connectivity index is 3.25. The van der Waals surface area contributed by atoms with Crippen LogP contribution >= 0.6 is 77.0 Å². The van der Waals surface area contributed by atoms with Gasteiger partial charge in [-0.3, -0.25) is 0 Å². The van der Waals surface area contributed by atoms with Gasteiger partial charge in [0.2, 0.25) is 0 Å². The molecule has 0 saturated heterocycles. The Morgan fingerprint density at radius 1 is 1.18 bits per heavy atom. The van der Waals surface area contributed by atoms with Crippen molar-refractivity contribution in [3.63, 3.8) is 0 Å². The SMILES string of the molecule is BrCc1ccc(Br)c(I)c1I. The zero-order valence-corrected chi connectivity index (χ0v) is 12.9. The Hall–Kier alpha value is 1.64. The largest absolute Gasteiger partial charge is 0.0876 e. The highest BCUT2D eigenvalue weighted by Crippen LogP contribution is 2.27. The molecular formula is C7H4Br2I2. The van der Waals surface area contributed by atoms with Gasteiger partial charge in [-0.1, -0.05) is 22.0 Å². The van der Waals surface area contributed by atoms with Crippen LogP contribution in [-0.2, 0) is 5.33 Å². The van der Waals surface area contributed by atoms with E-state index >= 15 is 0 Å². The Kier molecular flexibility index (Phi) is 4.64. The van der Waals surface area contributed by atoms with Gasteiger partial charge in [-0.05, 0) is 72.7 Å². The summed E-state index contributed by atoms with van der Waals surface area (Å²) in [6, 6.07) is 4.21. The van der Waals surface area contributed by atoms with Crippen LogP contribution in [0.2, 0.25) is 0 Å². The molecule has 0 aromatic heterocycles. The standard InChI is InChI=1S/C7H4Br2I2/c8-3-4-1-2-5(9)7(11)6(4)10/h1-2H,3H2. The number of benzene rings is 1. The van der Waals surface area contributed by atoms with Crippen molar-refractivity contribution in [1.82, 2.24) is 0 Å². The second-order valence-electron chi connectivity index (χ2n) is 1.97. The highest BCUT2D eigenvalue weighted by Gasteiger charge is 2.05. The lowest BCUT2D eigenvalue weighted by Gasteiger charge is -2.03. The first kappa shape index (κ1) is 10.7. The molecular weight excluding hydrogens is 498 g/mol. The first-order valence-electron chi connectivity index (χ1n) is 2.85. The van der Waals surface area contributed by atoms with Gasteiger partial charge in [0.1, 0.15) is 0 Å². The van der Waals surface area contributed by atoms with Crippen molar-refractivity contribution in [2.24, 2.45) is 0 Å². The van der Waals surface area contributed by atoms with Gasteiger partial charge in [-0.2, -0.15) is 0 Å². The molecule has 0 amide bonds. The fraction of sp³-hybridized carbons (Fsp3) is 0.143. The van der Waals surface area contributed by atoms with Crippen molar-refractivity contribution in [2.75, 3.05) is 0 Å². The number of hydrogen-bond acceptors (Lipinski definition) is 0. The normalized spacial score (nSPS) is 10.2. The molecule has 1 aromatic rings. The highest BCUT2D eigenvalue weighted by molar-refractivity contribution is 14.1. The van der Waals surface area contributed by atoms with Crippen LogP contribution in [0.5, 0.6) is 0 Å². The molecule has 1 aromatic carbocycles. The van der Waals surface area contributed by atoms with Gasteiger partial charge < -0.3 is 0 Å².